The second-order valence-corrected chi connectivity index (χ2v) is 4.83. The topological polar surface area (TPSA) is 64.3 Å². The van der Waals surface area contributed by atoms with Crippen LogP contribution in [0.4, 0.5) is 10.5 Å². The van der Waals surface area contributed by atoms with E-state index in [-0.39, 0.29) is 0 Å². The molecule has 104 valence electrons. The number of halogens is 2. The zero-order valence-corrected chi connectivity index (χ0v) is 11.9. The van der Waals surface area contributed by atoms with Crippen molar-refractivity contribution in [3.63, 3.8) is 0 Å². The van der Waals surface area contributed by atoms with Crippen LogP contribution in [0.15, 0.2) is 42.5 Å². The zero-order valence-electron chi connectivity index (χ0n) is 10.4. The third-order valence-electron chi connectivity index (χ3n) is 2.53. The van der Waals surface area contributed by atoms with Crippen molar-refractivity contribution in [1.82, 2.24) is 0 Å². The monoisotopic (exact) mass is 310 g/mol. The molecule has 0 aromatic heterocycles. The van der Waals surface area contributed by atoms with E-state index < -0.39 is 6.09 Å². The molecule has 1 amide bonds. The molecule has 0 radical (unpaired) electrons. The second kappa shape index (κ2) is 6.61. The summed E-state index contributed by atoms with van der Waals surface area (Å²) in [6.07, 6.45) is -0.630. The minimum absolute atomic E-state index is 0.384. The Kier molecular flexibility index (Phi) is 4.84. The summed E-state index contributed by atoms with van der Waals surface area (Å²) in [7, 11) is 0. The second-order valence-electron chi connectivity index (χ2n) is 3.99. The normalized spacial score (nSPS) is 10.2. The van der Waals surface area contributed by atoms with Gasteiger partial charge in [0.05, 0.1) is 10.7 Å². The van der Waals surface area contributed by atoms with Crippen LogP contribution in [0.25, 0.3) is 0 Å². The summed E-state index contributed by atoms with van der Waals surface area (Å²) in [6, 6.07) is 11.6. The Balaban J connectivity index is 2.02. The quantitative estimate of drug-likeness (QED) is 0.898. The van der Waals surface area contributed by atoms with Crippen molar-refractivity contribution in [2.75, 3.05) is 5.32 Å². The summed E-state index contributed by atoms with van der Waals surface area (Å²) < 4.78 is 5.09. The van der Waals surface area contributed by atoms with Crippen LogP contribution in [-0.4, -0.2) is 6.09 Å². The fourth-order valence-corrected chi connectivity index (χ4v) is 1.91. The predicted molar refractivity (Wildman–Crippen MR) is 80.4 cm³/mol. The van der Waals surface area contributed by atoms with Gasteiger partial charge < -0.3 is 10.5 Å². The molecule has 0 fully saturated rings. The van der Waals surface area contributed by atoms with Crippen molar-refractivity contribution in [3.8, 4) is 5.75 Å². The van der Waals surface area contributed by atoms with Gasteiger partial charge in [-0.25, -0.2) is 4.79 Å². The molecule has 0 saturated carbocycles. The van der Waals surface area contributed by atoms with Gasteiger partial charge in [0, 0.05) is 11.6 Å². The van der Waals surface area contributed by atoms with Gasteiger partial charge in [0.2, 0.25) is 0 Å². The minimum Gasteiger partial charge on any atom is -0.410 e. The van der Waals surface area contributed by atoms with Crippen LogP contribution in [0.5, 0.6) is 5.75 Å². The van der Waals surface area contributed by atoms with Crippen LogP contribution in [0.2, 0.25) is 10.0 Å². The molecule has 0 heterocycles. The van der Waals surface area contributed by atoms with Crippen LogP contribution in [0.3, 0.4) is 0 Å². The Morgan fingerprint density at radius 2 is 1.85 bits per heavy atom. The van der Waals surface area contributed by atoms with Gasteiger partial charge in [0.1, 0.15) is 5.75 Å². The number of hydrogen-bond acceptors (Lipinski definition) is 3. The lowest BCUT2D eigenvalue weighted by molar-refractivity contribution is 0.215. The van der Waals surface area contributed by atoms with Gasteiger partial charge in [-0.05, 0) is 42.0 Å². The number of amides is 1. The van der Waals surface area contributed by atoms with Crippen molar-refractivity contribution in [3.05, 3.63) is 58.1 Å². The Morgan fingerprint density at radius 3 is 2.45 bits per heavy atom. The predicted octanol–water partition coefficient (Wildman–Crippen LogP) is 4.06. The van der Waals surface area contributed by atoms with Crippen molar-refractivity contribution < 1.29 is 9.53 Å². The molecule has 0 atom stereocenters. The number of nitrogens with one attached hydrogen (secondary N) is 1. The number of rotatable bonds is 3. The summed E-state index contributed by atoms with van der Waals surface area (Å²) in [4.78, 5) is 11.7. The van der Waals surface area contributed by atoms with E-state index in [0.717, 1.165) is 5.56 Å². The first-order chi connectivity index (χ1) is 9.58. The van der Waals surface area contributed by atoms with Gasteiger partial charge >= 0.3 is 6.09 Å². The molecule has 0 aliphatic carbocycles. The highest BCUT2D eigenvalue weighted by Gasteiger charge is 2.08. The smallest absolute Gasteiger partial charge is 0.410 e. The van der Waals surface area contributed by atoms with Crippen molar-refractivity contribution >= 4 is 35.0 Å². The minimum atomic E-state index is -0.630. The molecule has 2 rings (SSSR count). The number of anilines is 1. The highest BCUT2D eigenvalue weighted by Crippen LogP contribution is 2.23. The molecular weight excluding hydrogens is 299 g/mol. The molecule has 0 spiro atoms. The van der Waals surface area contributed by atoms with E-state index in [1.165, 1.54) is 0 Å². The van der Waals surface area contributed by atoms with Gasteiger partial charge in [-0.2, -0.15) is 0 Å². The zero-order chi connectivity index (χ0) is 14.5. The molecular formula is C14H12Cl2N2O2. The molecule has 4 nitrogen and oxygen atoms in total. The number of nitrogens with two attached hydrogens (primary N) is 1. The molecule has 20 heavy (non-hydrogen) atoms. The molecule has 0 aliphatic heterocycles. The highest BCUT2D eigenvalue weighted by molar-refractivity contribution is 6.33. The fourth-order valence-electron chi connectivity index (χ4n) is 1.53. The summed E-state index contributed by atoms with van der Waals surface area (Å²) in [6.45, 7) is 0.384. The van der Waals surface area contributed by atoms with Crippen molar-refractivity contribution in [2.24, 2.45) is 5.73 Å². The van der Waals surface area contributed by atoms with Crippen LogP contribution < -0.4 is 15.8 Å². The SMILES string of the molecule is NCc1ccc(NC(=O)Oc2ccc(Cl)cc2)c(Cl)c1. The van der Waals surface area contributed by atoms with Gasteiger partial charge in [-0.1, -0.05) is 29.3 Å². The molecule has 2 aromatic carbocycles. The third-order valence-corrected chi connectivity index (χ3v) is 3.09. The van der Waals surface area contributed by atoms with Crippen LogP contribution >= 0.6 is 23.2 Å². The summed E-state index contributed by atoms with van der Waals surface area (Å²) in [5.41, 5.74) is 6.85. The maximum Gasteiger partial charge on any atom is 0.417 e. The first-order valence-electron chi connectivity index (χ1n) is 5.81. The van der Waals surface area contributed by atoms with Crippen molar-refractivity contribution in [1.29, 1.82) is 0 Å². The number of carbonyl (C=O) groups is 1. The van der Waals surface area contributed by atoms with Crippen LogP contribution in [-0.2, 0) is 6.54 Å². The van der Waals surface area contributed by atoms with Gasteiger partial charge in [0.15, 0.2) is 0 Å². The van der Waals surface area contributed by atoms with E-state index in [1.807, 2.05) is 0 Å². The Labute approximate surface area is 126 Å². The molecule has 0 bridgehead atoms. The first kappa shape index (κ1) is 14.7. The van der Waals surface area contributed by atoms with Gasteiger partial charge in [0.25, 0.3) is 0 Å². The lowest BCUT2D eigenvalue weighted by Gasteiger charge is -2.09. The van der Waals surface area contributed by atoms with Crippen LogP contribution in [0.1, 0.15) is 5.56 Å². The highest BCUT2D eigenvalue weighted by atomic mass is 35.5. The van der Waals surface area contributed by atoms with Gasteiger partial charge in [-0.3, -0.25) is 5.32 Å². The lowest BCUT2D eigenvalue weighted by atomic mass is 10.2. The fraction of sp³-hybridized carbons (Fsp3) is 0.0714. The van der Waals surface area contributed by atoms with Gasteiger partial charge in [-0.15, -0.1) is 0 Å². The molecule has 0 saturated heterocycles. The average molecular weight is 311 g/mol. The van der Waals surface area contributed by atoms with Crippen LogP contribution in [0, 0.1) is 0 Å². The molecule has 2 aromatic rings. The summed E-state index contributed by atoms with van der Waals surface area (Å²) in [5.74, 6) is 0.390. The molecule has 0 aliphatic rings. The van der Waals surface area contributed by atoms with E-state index in [1.54, 1.807) is 42.5 Å². The molecule has 6 heteroatoms. The third kappa shape index (κ3) is 3.87. The Morgan fingerprint density at radius 1 is 1.15 bits per heavy atom. The summed E-state index contributed by atoms with van der Waals surface area (Å²) in [5, 5.41) is 3.53. The van der Waals surface area contributed by atoms with Crippen molar-refractivity contribution in [2.45, 2.75) is 6.54 Å². The summed E-state index contributed by atoms with van der Waals surface area (Å²) >= 11 is 11.8. The first-order valence-corrected chi connectivity index (χ1v) is 6.57. The standard InChI is InChI=1S/C14H12Cl2N2O2/c15-10-2-4-11(5-3-10)20-14(19)18-13-6-1-9(8-17)7-12(13)16/h1-7H,8,17H2,(H,18,19). The molecule has 3 N–H and O–H groups in total. The van der Waals surface area contributed by atoms with E-state index in [2.05, 4.69) is 5.32 Å². The van der Waals surface area contributed by atoms with E-state index in [4.69, 9.17) is 33.7 Å². The number of hydrogen-bond donors (Lipinski definition) is 2. The molecule has 0 unspecified atom stereocenters. The number of ether oxygens (including phenoxy) is 1. The van der Waals surface area contributed by atoms with E-state index in [9.17, 15) is 4.79 Å². The van der Waals surface area contributed by atoms with E-state index in [0.29, 0.717) is 28.0 Å². The Hall–Kier alpha value is -1.75. The largest absolute Gasteiger partial charge is 0.417 e. The maximum absolute atomic E-state index is 11.7. The lowest BCUT2D eigenvalue weighted by Crippen LogP contribution is -2.17. The number of benzene rings is 2. The average Bonchev–Trinajstić information content (AvgIpc) is 2.43. The number of carbonyl (C=O) groups excluding carboxylic acids is 1. The Bertz CT molecular complexity index is 615. The maximum atomic E-state index is 11.7. The van der Waals surface area contributed by atoms with E-state index >= 15 is 0 Å².